The molecule has 1 aromatic heterocycles. The molecule has 76 valence electrons. The van der Waals surface area contributed by atoms with Crippen LogP contribution in [0.3, 0.4) is 0 Å². The van der Waals surface area contributed by atoms with Crippen molar-refractivity contribution in [1.29, 1.82) is 0 Å². The molecule has 0 atom stereocenters. The molecule has 0 amide bonds. The highest BCUT2D eigenvalue weighted by molar-refractivity contribution is 7.07. The van der Waals surface area contributed by atoms with Gasteiger partial charge in [0.05, 0.1) is 16.1 Å². The Labute approximate surface area is 90.4 Å². The molecular weight excluding hydrogens is 212 g/mol. The molecule has 0 N–H and O–H groups in total. The van der Waals surface area contributed by atoms with Crippen LogP contribution in [0.25, 0.3) is 0 Å². The lowest BCUT2D eigenvalue weighted by molar-refractivity contribution is -0.385. The van der Waals surface area contributed by atoms with Gasteiger partial charge in [0.15, 0.2) is 0 Å². The Bertz CT molecular complexity index is 468. The zero-order valence-electron chi connectivity index (χ0n) is 7.79. The van der Waals surface area contributed by atoms with Crippen LogP contribution in [0.2, 0.25) is 0 Å². The number of para-hydroxylation sites is 1. The topological polar surface area (TPSA) is 56.0 Å². The van der Waals surface area contributed by atoms with Crippen LogP contribution in [0.1, 0.15) is 11.3 Å². The second kappa shape index (κ2) is 4.18. The standard InChI is InChI=1S/C10H8N2O2S/c13-12(14)10-4-2-1-3-8(10)5-9-6-15-7-11-9/h1-4,6-7H,5H2. The molecule has 2 aromatic rings. The first kappa shape index (κ1) is 9.79. The van der Waals surface area contributed by atoms with Crippen molar-refractivity contribution in [3.05, 3.63) is 56.5 Å². The Morgan fingerprint density at radius 3 is 2.87 bits per heavy atom. The number of nitro benzene ring substituents is 1. The minimum atomic E-state index is -0.359. The van der Waals surface area contributed by atoms with Gasteiger partial charge in [0.1, 0.15) is 0 Å². The van der Waals surface area contributed by atoms with E-state index < -0.39 is 0 Å². The Kier molecular flexibility index (Phi) is 2.73. The first-order chi connectivity index (χ1) is 7.27. The third-order valence-electron chi connectivity index (χ3n) is 2.04. The fraction of sp³-hybridized carbons (Fsp3) is 0.100. The highest BCUT2D eigenvalue weighted by atomic mass is 32.1. The van der Waals surface area contributed by atoms with E-state index in [1.807, 2.05) is 5.38 Å². The fourth-order valence-electron chi connectivity index (χ4n) is 1.36. The maximum absolute atomic E-state index is 10.7. The van der Waals surface area contributed by atoms with Gasteiger partial charge in [-0.25, -0.2) is 4.98 Å². The summed E-state index contributed by atoms with van der Waals surface area (Å²) >= 11 is 1.49. The third-order valence-corrected chi connectivity index (χ3v) is 2.68. The molecule has 4 nitrogen and oxygen atoms in total. The van der Waals surface area contributed by atoms with Gasteiger partial charge in [-0.1, -0.05) is 18.2 Å². The van der Waals surface area contributed by atoms with Crippen LogP contribution < -0.4 is 0 Å². The number of rotatable bonds is 3. The van der Waals surface area contributed by atoms with E-state index in [0.29, 0.717) is 12.0 Å². The maximum atomic E-state index is 10.7. The molecule has 0 radical (unpaired) electrons. The minimum absolute atomic E-state index is 0.158. The van der Waals surface area contributed by atoms with Crippen molar-refractivity contribution in [2.24, 2.45) is 0 Å². The Hall–Kier alpha value is -1.75. The van der Waals surface area contributed by atoms with E-state index in [1.54, 1.807) is 23.7 Å². The molecule has 1 aromatic carbocycles. The number of nitrogens with zero attached hydrogens (tertiary/aromatic N) is 2. The van der Waals surface area contributed by atoms with Gasteiger partial charge in [0.2, 0.25) is 0 Å². The van der Waals surface area contributed by atoms with E-state index in [9.17, 15) is 10.1 Å². The first-order valence-corrected chi connectivity index (χ1v) is 5.31. The Balaban J connectivity index is 2.32. The molecule has 0 aliphatic heterocycles. The fourth-order valence-corrected chi connectivity index (χ4v) is 1.92. The molecular formula is C10H8N2O2S. The summed E-state index contributed by atoms with van der Waals surface area (Å²) in [6.07, 6.45) is 0.515. The van der Waals surface area contributed by atoms with Gasteiger partial charge >= 0.3 is 0 Å². The van der Waals surface area contributed by atoms with E-state index in [1.165, 1.54) is 17.4 Å². The zero-order chi connectivity index (χ0) is 10.7. The SMILES string of the molecule is O=[N+]([O-])c1ccccc1Cc1cscn1. The monoisotopic (exact) mass is 220 g/mol. The van der Waals surface area contributed by atoms with E-state index in [2.05, 4.69) is 4.98 Å². The zero-order valence-corrected chi connectivity index (χ0v) is 8.61. The summed E-state index contributed by atoms with van der Waals surface area (Å²) < 4.78 is 0. The number of benzene rings is 1. The average Bonchev–Trinajstić information content (AvgIpc) is 2.71. The van der Waals surface area contributed by atoms with Crippen LogP contribution >= 0.6 is 11.3 Å². The molecule has 0 saturated carbocycles. The molecule has 15 heavy (non-hydrogen) atoms. The highest BCUT2D eigenvalue weighted by Gasteiger charge is 2.12. The molecule has 0 aliphatic rings. The highest BCUT2D eigenvalue weighted by Crippen LogP contribution is 2.20. The Morgan fingerprint density at radius 2 is 2.20 bits per heavy atom. The number of aromatic nitrogens is 1. The number of nitro groups is 1. The summed E-state index contributed by atoms with van der Waals surface area (Å²) in [5.41, 5.74) is 3.46. The van der Waals surface area contributed by atoms with Gasteiger partial charge < -0.3 is 0 Å². The summed E-state index contributed by atoms with van der Waals surface area (Å²) in [7, 11) is 0. The normalized spacial score (nSPS) is 10.1. The van der Waals surface area contributed by atoms with Crippen molar-refractivity contribution < 1.29 is 4.92 Å². The molecule has 1 heterocycles. The van der Waals surface area contributed by atoms with Crippen LogP contribution in [-0.4, -0.2) is 9.91 Å². The minimum Gasteiger partial charge on any atom is -0.258 e. The van der Waals surface area contributed by atoms with Crippen LogP contribution in [0.15, 0.2) is 35.2 Å². The summed E-state index contributed by atoms with van der Waals surface area (Å²) in [4.78, 5) is 14.5. The molecule has 0 fully saturated rings. The van der Waals surface area contributed by atoms with Crippen LogP contribution in [0.4, 0.5) is 5.69 Å². The van der Waals surface area contributed by atoms with E-state index in [4.69, 9.17) is 0 Å². The Morgan fingerprint density at radius 1 is 1.40 bits per heavy atom. The van der Waals surface area contributed by atoms with Crippen molar-refractivity contribution in [2.45, 2.75) is 6.42 Å². The lowest BCUT2D eigenvalue weighted by atomic mass is 10.1. The van der Waals surface area contributed by atoms with Crippen molar-refractivity contribution in [2.75, 3.05) is 0 Å². The molecule has 0 aliphatic carbocycles. The summed E-state index contributed by atoms with van der Waals surface area (Å²) in [5.74, 6) is 0. The van der Waals surface area contributed by atoms with Crippen molar-refractivity contribution in [3.63, 3.8) is 0 Å². The van der Waals surface area contributed by atoms with Crippen LogP contribution in [0.5, 0.6) is 0 Å². The van der Waals surface area contributed by atoms with Gasteiger partial charge in [-0.2, -0.15) is 0 Å². The van der Waals surface area contributed by atoms with Gasteiger partial charge in [-0.15, -0.1) is 11.3 Å². The van der Waals surface area contributed by atoms with Gasteiger partial charge in [0, 0.05) is 23.4 Å². The number of thiazole rings is 1. The largest absolute Gasteiger partial charge is 0.272 e. The quantitative estimate of drug-likeness (QED) is 0.590. The second-order valence-electron chi connectivity index (χ2n) is 3.04. The van der Waals surface area contributed by atoms with Crippen molar-refractivity contribution >= 4 is 17.0 Å². The van der Waals surface area contributed by atoms with Gasteiger partial charge in [0.25, 0.3) is 5.69 Å². The summed E-state index contributed by atoms with van der Waals surface area (Å²) in [6, 6.07) is 6.75. The maximum Gasteiger partial charge on any atom is 0.272 e. The van der Waals surface area contributed by atoms with Gasteiger partial charge in [-0.05, 0) is 0 Å². The van der Waals surface area contributed by atoms with Crippen LogP contribution in [-0.2, 0) is 6.42 Å². The lowest BCUT2D eigenvalue weighted by Gasteiger charge is -1.99. The van der Waals surface area contributed by atoms with Gasteiger partial charge in [-0.3, -0.25) is 10.1 Å². The predicted octanol–water partition coefficient (Wildman–Crippen LogP) is 2.64. The molecule has 0 spiro atoms. The smallest absolute Gasteiger partial charge is 0.258 e. The molecule has 0 unspecified atom stereocenters. The summed E-state index contributed by atoms with van der Waals surface area (Å²) in [5, 5.41) is 12.6. The number of hydrogen-bond donors (Lipinski definition) is 0. The van der Waals surface area contributed by atoms with Crippen LogP contribution in [0, 0.1) is 10.1 Å². The predicted molar refractivity (Wildman–Crippen MR) is 58.0 cm³/mol. The van der Waals surface area contributed by atoms with E-state index in [-0.39, 0.29) is 10.6 Å². The summed E-state index contributed by atoms with van der Waals surface area (Å²) in [6.45, 7) is 0. The van der Waals surface area contributed by atoms with Crippen molar-refractivity contribution in [3.8, 4) is 0 Å². The first-order valence-electron chi connectivity index (χ1n) is 4.37. The lowest BCUT2D eigenvalue weighted by Crippen LogP contribution is -1.96. The molecule has 2 rings (SSSR count). The molecule has 0 bridgehead atoms. The van der Waals surface area contributed by atoms with E-state index in [0.717, 1.165) is 5.69 Å². The van der Waals surface area contributed by atoms with Crippen molar-refractivity contribution in [1.82, 2.24) is 4.98 Å². The number of hydrogen-bond acceptors (Lipinski definition) is 4. The van der Waals surface area contributed by atoms with E-state index >= 15 is 0 Å². The third kappa shape index (κ3) is 2.19. The second-order valence-corrected chi connectivity index (χ2v) is 3.76. The average molecular weight is 220 g/mol. The molecule has 5 heteroatoms. The molecule has 0 saturated heterocycles.